The normalized spacial score (nSPS) is 11.3. The maximum absolute atomic E-state index is 11.9. The highest BCUT2D eigenvalue weighted by atomic mass is 127. The molecule has 0 fully saturated rings. The van der Waals surface area contributed by atoms with Crippen LogP contribution in [0.25, 0.3) is 0 Å². The molecule has 0 saturated heterocycles. The van der Waals surface area contributed by atoms with Gasteiger partial charge in [0.2, 0.25) is 0 Å². The molecule has 0 aliphatic carbocycles. The smallest absolute Gasteiger partial charge is 0.441 e. The number of thioether (sulfide) groups is 1. The predicted octanol–water partition coefficient (Wildman–Crippen LogP) is 3.62. The average Bonchev–Trinajstić information content (AvgIpc) is 2.24. The number of hydrogen-bond donors (Lipinski definition) is 1. The van der Waals surface area contributed by atoms with E-state index in [1.807, 2.05) is 22.6 Å². The Labute approximate surface area is 119 Å². The number of carboxylic acids is 1. The molecule has 0 heterocycles. The predicted molar refractivity (Wildman–Crippen MR) is 70.1 cm³/mol. The van der Waals surface area contributed by atoms with Crippen molar-refractivity contribution in [1.82, 2.24) is 0 Å². The van der Waals surface area contributed by atoms with E-state index in [0.717, 1.165) is 0 Å². The lowest BCUT2D eigenvalue weighted by Crippen LogP contribution is -2.08. The lowest BCUT2D eigenvalue weighted by atomic mass is 10.2. The second-order valence-corrected chi connectivity index (χ2v) is 5.42. The highest BCUT2D eigenvalue weighted by molar-refractivity contribution is 14.1. The second kappa shape index (κ2) is 6.50. The molecule has 3 nitrogen and oxygen atoms in total. The highest BCUT2D eigenvalue weighted by Crippen LogP contribution is 2.30. The van der Waals surface area contributed by atoms with Crippen molar-refractivity contribution in [1.29, 1.82) is 0 Å². The summed E-state index contributed by atoms with van der Waals surface area (Å²) in [6, 6.07) is 4.24. The van der Waals surface area contributed by atoms with Crippen molar-refractivity contribution in [3.8, 4) is 5.75 Å². The number of benzene rings is 1. The molecule has 0 bridgehead atoms. The van der Waals surface area contributed by atoms with Crippen molar-refractivity contribution in [3.63, 3.8) is 0 Å². The van der Waals surface area contributed by atoms with Crippen molar-refractivity contribution in [2.24, 2.45) is 0 Å². The van der Waals surface area contributed by atoms with Gasteiger partial charge in [0.15, 0.2) is 0 Å². The Bertz CT molecular complexity index is 437. The summed E-state index contributed by atoms with van der Waals surface area (Å²) in [5, 5.41) is 8.77. The molecule has 0 saturated carbocycles. The third-order valence-corrected chi connectivity index (χ3v) is 3.37. The monoisotopic (exact) mass is 392 g/mol. The molecular formula is C10H8F3IO3S. The molecule has 1 rings (SSSR count). The van der Waals surface area contributed by atoms with E-state index in [4.69, 9.17) is 9.84 Å². The van der Waals surface area contributed by atoms with Crippen LogP contribution < -0.4 is 4.74 Å². The summed E-state index contributed by atoms with van der Waals surface area (Å²) in [5.41, 5.74) is -4.24. The summed E-state index contributed by atoms with van der Waals surface area (Å²) in [6.07, 6.45) is 0. The van der Waals surface area contributed by atoms with Crippen molar-refractivity contribution in [2.75, 3.05) is 12.4 Å². The van der Waals surface area contributed by atoms with E-state index in [0.29, 0.717) is 3.57 Å². The first-order valence-electron chi connectivity index (χ1n) is 4.66. The molecule has 0 aliphatic rings. The molecular weight excluding hydrogens is 384 g/mol. The van der Waals surface area contributed by atoms with Crippen LogP contribution in [0.15, 0.2) is 18.2 Å². The standard InChI is InChI=1S/C10H8F3IO3S/c11-10(12,13)18-4-3-17-8-5-6(9(15)16)1-2-7(8)14/h1-2,5H,3-4H2,(H,15,16). The Balaban J connectivity index is 2.56. The van der Waals surface area contributed by atoms with Crippen LogP contribution >= 0.6 is 34.4 Å². The van der Waals surface area contributed by atoms with E-state index in [1.54, 1.807) is 0 Å². The maximum atomic E-state index is 11.9. The first-order chi connectivity index (χ1) is 8.29. The Morgan fingerprint density at radius 1 is 1.44 bits per heavy atom. The van der Waals surface area contributed by atoms with Gasteiger partial charge in [-0.1, -0.05) is 0 Å². The molecule has 0 aliphatic heterocycles. The first kappa shape index (κ1) is 15.4. The SMILES string of the molecule is O=C(O)c1ccc(I)c(OCCSC(F)(F)F)c1. The fraction of sp³-hybridized carbons (Fsp3) is 0.300. The van der Waals surface area contributed by atoms with Crippen molar-refractivity contribution >= 4 is 40.3 Å². The minimum absolute atomic E-state index is 0.0360. The number of alkyl halides is 3. The van der Waals surface area contributed by atoms with Gasteiger partial charge in [-0.25, -0.2) is 4.79 Å². The van der Waals surface area contributed by atoms with Crippen LogP contribution in [0.3, 0.4) is 0 Å². The molecule has 1 aromatic rings. The number of hydrogen-bond acceptors (Lipinski definition) is 3. The Hall–Kier alpha value is -0.640. The van der Waals surface area contributed by atoms with Crippen LogP contribution in [0, 0.1) is 3.57 Å². The van der Waals surface area contributed by atoms with Gasteiger partial charge >= 0.3 is 11.5 Å². The topological polar surface area (TPSA) is 46.5 Å². The summed E-state index contributed by atoms with van der Waals surface area (Å²) in [4.78, 5) is 10.7. The van der Waals surface area contributed by atoms with Crippen LogP contribution in [-0.4, -0.2) is 28.9 Å². The van der Waals surface area contributed by atoms with Crippen LogP contribution in [0.2, 0.25) is 0 Å². The van der Waals surface area contributed by atoms with Crippen molar-refractivity contribution in [2.45, 2.75) is 5.51 Å². The van der Waals surface area contributed by atoms with E-state index < -0.39 is 11.5 Å². The summed E-state index contributed by atoms with van der Waals surface area (Å²) >= 11 is 1.75. The molecule has 0 radical (unpaired) electrons. The minimum atomic E-state index is -4.28. The van der Waals surface area contributed by atoms with Crippen molar-refractivity contribution in [3.05, 3.63) is 27.3 Å². The molecule has 1 N–H and O–H groups in total. The summed E-state index contributed by atoms with van der Waals surface area (Å²) in [7, 11) is 0. The van der Waals surface area contributed by atoms with E-state index in [-0.39, 0.29) is 35.4 Å². The number of carboxylic acid groups (broad SMARTS) is 1. The molecule has 0 aromatic heterocycles. The van der Waals surface area contributed by atoms with E-state index in [9.17, 15) is 18.0 Å². The summed E-state index contributed by atoms with van der Waals surface area (Å²) in [5.74, 6) is -1.07. The van der Waals surface area contributed by atoms with Crippen molar-refractivity contribution < 1.29 is 27.8 Å². The van der Waals surface area contributed by atoms with Gasteiger partial charge in [-0.2, -0.15) is 13.2 Å². The number of ether oxygens (including phenoxy) is 1. The molecule has 0 atom stereocenters. The van der Waals surface area contributed by atoms with Gasteiger partial charge in [-0.3, -0.25) is 0 Å². The lowest BCUT2D eigenvalue weighted by Gasteiger charge is -2.09. The third kappa shape index (κ3) is 5.34. The largest absolute Gasteiger partial charge is 0.492 e. The molecule has 100 valence electrons. The second-order valence-electron chi connectivity index (χ2n) is 3.09. The average molecular weight is 392 g/mol. The zero-order chi connectivity index (χ0) is 13.8. The molecule has 0 amide bonds. The number of halogens is 4. The number of rotatable bonds is 5. The van der Waals surface area contributed by atoms with Gasteiger partial charge in [0.05, 0.1) is 15.7 Å². The minimum Gasteiger partial charge on any atom is -0.492 e. The van der Waals surface area contributed by atoms with E-state index >= 15 is 0 Å². The summed E-state index contributed by atoms with van der Waals surface area (Å²) in [6.45, 7) is -0.136. The molecule has 18 heavy (non-hydrogen) atoms. The fourth-order valence-electron chi connectivity index (χ4n) is 1.06. The maximum Gasteiger partial charge on any atom is 0.441 e. The van der Waals surface area contributed by atoms with Gasteiger partial charge in [0.25, 0.3) is 0 Å². The lowest BCUT2D eigenvalue weighted by molar-refractivity contribution is -0.0329. The zero-order valence-corrected chi connectivity index (χ0v) is 11.8. The van der Waals surface area contributed by atoms with Gasteiger partial charge < -0.3 is 9.84 Å². The van der Waals surface area contributed by atoms with Crippen LogP contribution in [0.4, 0.5) is 13.2 Å². The Morgan fingerprint density at radius 2 is 2.11 bits per heavy atom. The molecule has 0 spiro atoms. The zero-order valence-electron chi connectivity index (χ0n) is 8.83. The van der Waals surface area contributed by atoms with Gasteiger partial charge in [0.1, 0.15) is 5.75 Å². The Kier molecular flexibility index (Phi) is 5.57. The molecule has 1 aromatic carbocycles. The van der Waals surface area contributed by atoms with Crippen LogP contribution in [-0.2, 0) is 0 Å². The Morgan fingerprint density at radius 3 is 2.67 bits per heavy atom. The summed E-state index contributed by atoms with van der Waals surface area (Å²) < 4.78 is 41.4. The number of carbonyl (C=O) groups is 1. The quantitative estimate of drug-likeness (QED) is 0.615. The van der Waals surface area contributed by atoms with E-state index in [2.05, 4.69) is 0 Å². The van der Waals surface area contributed by atoms with Gasteiger partial charge in [-0.15, -0.1) is 0 Å². The van der Waals surface area contributed by atoms with Gasteiger partial charge in [-0.05, 0) is 52.6 Å². The molecule has 8 heteroatoms. The third-order valence-electron chi connectivity index (χ3n) is 1.78. The fourth-order valence-corrected chi connectivity index (χ4v) is 1.95. The molecule has 0 unspecified atom stereocenters. The van der Waals surface area contributed by atoms with Crippen LogP contribution in [0.1, 0.15) is 10.4 Å². The first-order valence-corrected chi connectivity index (χ1v) is 6.72. The van der Waals surface area contributed by atoms with E-state index in [1.165, 1.54) is 18.2 Å². The highest BCUT2D eigenvalue weighted by Gasteiger charge is 2.27. The number of aromatic carboxylic acids is 1. The van der Waals surface area contributed by atoms with Gasteiger partial charge in [0, 0.05) is 5.75 Å². The van der Waals surface area contributed by atoms with Crippen LogP contribution in [0.5, 0.6) is 5.75 Å².